The van der Waals surface area contributed by atoms with Crippen molar-refractivity contribution >= 4 is 0 Å². The predicted octanol–water partition coefficient (Wildman–Crippen LogP) is 2.80. The first kappa shape index (κ1) is 15.9. The summed E-state index contributed by atoms with van der Waals surface area (Å²) < 4.78 is 11.3. The van der Waals surface area contributed by atoms with E-state index in [1.807, 2.05) is 13.8 Å². The van der Waals surface area contributed by atoms with Gasteiger partial charge in [0.25, 0.3) is 0 Å². The van der Waals surface area contributed by atoms with Crippen molar-refractivity contribution < 1.29 is 9.47 Å². The monoisotopic (exact) mass is 231 g/mol. The lowest BCUT2D eigenvalue weighted by molar-refractivity contribution is -0.155. The fourth-order valence-corrected chi connectivity index (χ4v) is 1.72. The molecule has 3 heteroatoms. The molecular weight excluding hydrogens is 202 g/mol. The fraction of sp³-hybridized carbons (Fsp3) is 1.00. The van der Waals surface area contributed by atoms with Crippen LogP contribution in [-0.2, 0) is 9.47 Å². The van der Waals surface area contributed by atoms with Gasteiger partial charge in [-0.2, -0.15) is 0 Å². The highest BCUT2D eigenvalue weighted by atomic mass is 16.7. The molecule has 0 bridgehead atoms. The molecule has 0 fully saturated rings. The van der Waals surface area contributed by atoms with Gasteiger partial charge in [0.2, 0.25) is 0 Å². The Morgan fingerprint density at radius 3 is 1.88 bits per heavy atom. The second kappa shape index (κ2) is 10.1. The van der Waals surface area contributed by atoms with Crippen LogP contribution in [0, 0.1) is 5.92 Å². The summed E-state index contributed by atoms with van der Waals surface area (Å²) in [5.74, 6) is 0.727. The summed E-state index contributed by atoms with van der Waals surface area (Å²) in [5.41, 5.74) is 0. The molecule has 0 radical (unpaired) electrons. The number of ether oxygens (including phenoxy) is 2. The number of likely N-dealkylation sites (N-methyl/N-ethyl adjacent to an activating group) is 1. The first-order chi connectivity index (χ1) is 7.65. The van der Waals surface area contributed by atoms with Crippen molar-refractivity contribution in [1.29, 1.82) is 0 Å². The highest BCUT2D eigenvalue weighted by molar-refractivity contribution is 4.71. The molecule has 0 heterocycles. The lowest BCUT2D eigenvalue weighted by Gasteiger charge is -2.27. The van der Waals surface area contributed by atoms with E-state index in [0.29, 0.717) is 19.3 Å². The van der Waals surface area contributed by atoms with Gasteiger partial charge in [-0.05, 0) is 39.2 Å². The van der Waals surface area contributed by atoms with Crippen molar-refractivity contribution in [3.8, 4) is 0 Å². The fourth-order valence-electron chi connectivity index (χ4n) is 1.72. The molecule has 1 atom stereocenters. The second-order valence-corrected chi connectivity index (χ2v) is 4.41. The summed E-state index contributed by atoms with van der Waals surface area (Å²) in [6.45, 7) is 13.0. The van der Waals surface area contributed by atoms with Crippen LogP contribution in [0.5, 0.6) is 0 Å². The van der Waals surface area contributed by atoms with E-state index in [4.69, 9.17) is 9.47 Å². The van der Waals surface area contributed by atoms with Crippen LogP contribution in [-0.4, -0.2) is 32.1 Å². The molecule has 0 saturated carbocycles. The van der Waals surface area contributed by atoms with E-state index in [2.05, 4.69) is 26.1 Å². The number of hydrogen-bond donors (Lipinski definition) is 1. The largest absolute Gasteiger partial charge is 0.351 e. The van der Waals surface area contributed by atoms with E-state index in [-0.39, 0.29) is 6.29 Å². The lowest BCUT2D eigenvalue weighted by atomic mass is 10.0. The van der Waals surface area contributed by atoms with E-state index in [0.717, 1.165) is 18.9 Å². The molecule has 1 unspecified atom stereocenters. The van der Waals surface area contributed by atoms with Gasteiger partial charge in [-0.25, -0.2) is 0 Å². The van der Waals surface area contributed by atoms with Crippen molar-refractivity contribution in [2.45, 2.75) is 59.8 Å². The number of nitrogens with one attached hydrogen (secondary N) is 1. The van der Waals surface area contributed by atoms with Crippen LogP contribution in [0.25, 0.3) is 0 Å². The van der Waals surface area contributed by atoms with Gasteiger partial charge >= 0.3 is 0 Å². The maximum absolute atomic E-state index is 5.64. The van der Waals surface area contributed by atoms with Gasteiger partial charge in [0.05, 0.1) is 6.04 Å². The van der Waals surface area contributed by atoms with Crippen LogP contribution in [0.4, 0.5) is 0 Å². The molecule has 0 aliphatic rings. The summed E-state index contributed by atoms with van der Waals surface area (Å²) in [4.78, 5) is 0. The molecule has 0 amide bonds. The summed E-state index contributed by atoms with van der Waals surface area (Å²) in [6.07, 6.45) is 2.21. The molecule has 98 valence electrons. The Bertz CT molecular complexity index is 145. The first-order valence-corrected chi connectivity index (χ1v) is 6.62. The van der Waals surface area contributed by atoms with Gasteiger partial charge < -0.3 is 14.8 Å². The average Bonchev–Trinajstić information content (AvgIpc) is 2.24. The summed E-state index contributed by atoms with van der Waals surface area (Å²) in [5, 5.41) is 3.46. The quantitative estimate of drug-likeness (QED) is 0.586. The van der Waals surface area contributed by atoms with Gasteiger partial charge in [-0.3, -0.25) is 0 Å². The van der Waals surface area contributed by atoms with Crippen LogP contribution in [0.1, 0.15) is 47.5 Å². The van der Waals surface area contributed by atoms with E-state index in [1.165, 1.54) is 6.42 Å². The molecule has 0 aromatic heterocycles. The smallest absolute Gasteiger partial charge is 0.172 e. The number of hydrogen-bond acceptors (Lipinski definition) is 3. The number of rotatable bonds is 10. The van der Waals surface area contributed by atoms with Crippen LogP contribution < -0.4 is 5.32 Å². The third-order valence-corrected chi connectivity index (χ3v) is 2.51. The lowest BCUT2D eigenvalue weighted by Crippen LogP contribution is -2.43. The van der Waals surface area contributed by atoms with Crippen molar-refractivity contribution in [3.63, 3.8) is 0 Å². The van der Waals surface area contributed by atoms with Crippen LogP contribution in [0.15, 0.2) is 0 Å². The van der Waals surface area contributed by atoms with Gasteiger partial charge in [0, 0.05) is 13.2 Å². The van der Waals surface area contributed by atoms with Crippen molar-refractivity contribution in [1.82, 2.24) is 5.32 Å². The molecule has 0 saturated heterocycles. The first-order valence-electron chi connectivity index (χ1n) is 6.62. The maximum atomic E-state index is 5.64. The van der Waals surface area contributed by atoms with E-state index in [1.54, 1.807) is 0 Å². The van der Waals surface area contributed by atoms with Crippen molar-refractivity contribution in [2.75, 3.05) is 19.8 Å². The van der Waals surface area contributed by atoms with Crippen LogP contribution in [0.3, 0.4) is 0 Å². The molecule has 0 rings (SSSR count). The normalized spacial score (nSPS) is 13.7. The molecule has 0 aromatic carbocycles. The highest BCUT2D eigenvalue weighted by Gasteiger charge is 2.21. The Morgan fingerprint density at radius 1 is 0.938 bits per heavy atom. The zero-order valence-electron chi connectivity index (χ0n) is 11.6. The zero-order valence-corrected chi connectivity index (χ0v) is 11.6. The molecule has 0 aliphatic heterocycles. The SMILES string of the molecule is CCNC(CCC(C)C)C(OCC)OCC. The van der Waals surface area contributed by atoms with Gasteiger partial charge in [0.1, 0.15) is 0 Å². The molecule has 0 spiro atoms. The second-order valence-electron chi connectivity index (χ2n) is 4.41. The van der Waals surface area contributed by atoms with E-state index >= 15 is 0 Å². The Hall–Kier alpha value is -0.120. The van der Waals surface area contributed by atoms with E-state index in [9.17, 15) is 0 Å². The topological polar surface area (TPSA) is 30.5 Å². The van der Waals surface area contributed by atoms with Gasteiger partial charge in [-0.15, -0.1) is 0 Å². The minimum Gasteiger partial charge on any atom is -0.351 e. The minimum atomic E-state index is -0.103. The molecule has 16 heavy (non-hydrogen) atoms. The van der Waals surface area contributed by atoms with Gasteiger partial charge in [0.15, 0.2) is 6.29 Å². The Labute approximate surface area is 101 Å². The summed E-state index contributed by atoms with van der Waals surface area (Å²) in [7, 11) is 0. The summed E-state index contributed by atoms with van der Waals surface area (Å²) >= 11 is 0. The molecule has 0 aromatic rings. The molecule has 3 nitrogen and oxygen atoms in total. The third kappa shape index (κ3) is 7.20. The standard InChI is InChI=1S/C13H29NO2/c1-6-14-12(10-9-11(4)5)13(15-7-2)16-8-3/h11-14H,6-10H2,1-5H3. The minimum absolute atomic E-state index is 0.103. The Kier molecular flexibility index (Phi) is 9.99. The van der Waals surface area contributed by atoms with Crippen LogP contribution in [0.2, 0.25) is 0 Å². The van der Waals surface area contributed by atoms with E-state index < -0.39 is 0 Å². The summed E-state index contributed by atoms with van der Waals surface area (Å²) in [6, 6.07) is 0.312. The Balaban J connectivity index is 4.19. The van der Waals surface area contributed by atoms with Gasteiger partial charge in [-0.1, -0.05) is 20.8 Å². The molecule has 1 N–H and O–H groups in total. The highest BCUT2D eigenvalue weighted by Crippen LogP contribution is 2.12. The molecule has 0 aliphatic carbocycles. The van der Waals surface area contributed by atoms with Crippen molar-refractivity contribution in [2.24, 2.45) is 5.92 Å². The van der Waals surface area contributed by atoms with Crippen LogP contribution >= 0.6 is 0 Å². The average molecular weight is 231 g/mol. The third-order valence-electron chi connectivity index (χ3n) is 2.51. The predicted molar refractivity (Wildman–Crippen MR) is 68.6 cm³/mol. The molecular formula is C13H29NO2. The zero-order chi connectivity index (χ0) is 12.4. The maximum Gasteiger partial charge on any atom is 0.172 e. The van der Waals surface area contributed by atoms with Crippen molar-refractivity contribution in [3.05, 3.63) is 0 Å². The Morgan fingerprint density at radius 2 is 1.50 bits per heavy atom.